The van der Waals surface area contributed by atoms with Gasteiger partial charge in [0, 0.05) is 64.0 Å². The van der Waals surface area contributed by atoms with Crippen LogP contribution in [0.15, 0.2) is 48.5 Å². The average molecular weight is 552 g/mol. The third-order valence-electron chi connectivity index (χ3n) is 7.89. The molecule has 8 nitrogen and oxygen atoms in total. The number of methoxy groups -OCH3 is 2. The lowest BCUT2D eigenvalue weighted by molar-refractivity contribution is -0.131. The van der Waals surface area contributed by atoms with Crippen molar-refractivity contribution in [1.29, 1.82) is 0 Å². The molecule has 2 amide bonds. The molecule has 2 aromatic rings. The molecule has 2 fully saturated rings. The Labute approximate surface area is 239 Å². The normalized spacial score (nSPS) is 18.5. The van der Waals surface area contributed by atoms with Crippen molar-refractivity contribution in [3.05, 3.63) is 59.7 Å². The molecule has 0 spiro atoms. The summed E-state index contributed by atoms with van der Waals surface area (Å²) < 4.78 is 16.5. The number of nitrogens with zero attached hydrogens (tertiary/aromatic N) is 2. The standard InChI is InChI=1S/C32H45N3O5/c1-23(2)34(32(37)25-11-14-29(39-4)30(18-25)40-16-8-15-38-3)21-26-19-33-20-27(26)22-35(28-12-13-28)31(36)17-24-9-6-5-7-10-24/h5-7,9-11,14,18,23,26-28,33H,8,12-13,15-17,19-22H2,1-4H3/t26-,27?/m0/s1. The van der Waals surface area contributed by atoms with E-state index in [1.165, 1.54) is 0 Å². The van der Waals surface area contributed by atoms with Gasteiger partial charge in [0.15, 0.2) is 11.5 Å². The Balaban J connectivity index is 1.43. The van der Waals surface area contributed by atoms with Crippen molar-refractivity contribution in [2.45, 2.75) is 51.6 Å². The van der Waals surface area contributed by atoms with Crippen LogP contribution in [0.3, 0.4) is 0 Å². The Morgan fingerprint density at radius 3 is 2.33 bits per heavy atom. The molecule has 8 heteroatoms. The maximum absolute atomic E-state index is 13.8. The maximum atomic E-state index is 13.8. The number of hydrogen-bond donors (Lipinski definition) is 1. The minimum absolute atomic E-state index is 0.0238. The minimum atomic E-state index is -0.0238. The van der Waals surface area contributed by atoms with Crippen LogP contribution < -0.4 is 14.8 Å². The molecule has 40 heavy (non-hydrogen) atoms. The van der Waals surface area contributed by atoms with Gasteiger partial charge in [-0.25, -0.2) is 0 Å². The summed E-state index contributed by atoms with van der Waals surface area (Å²) >= 11 is 0. The first-order valence-electron chi connectivity index (χ1n) is 14.6. The largest absolute Gasteiger partial charge is 0.493 e. The Hall–Kier alpha value is -3.10. The lowest BCUT2D eigenvalue weighted by Crippen LogP contribution is -2.45. The fourth-order valence-corrected chi connectivity index (χ4v) is 5.43. The molecule has 218 valence electrons. The predicted octanol–water partition coefficient (Wildman–Crippen LogP) is 4.03. The van der Waals surface area contributed by atoms with E-state index in [1.54, 1.807) is 32.4 Å². The zero-order valence-corrected chi connectivity index (χ0v) is 24.4. The first-order valence-corrected chi connectivity index (χ1v) is 14.6. The Kier molecular flexibility index (Phi) is 10.8. The van der Waals surface area contributed by atoms with E-state index in [0.29, 0.717) is 55.2 Å². The van der Waals surface area contributed by atoms with Crippen LogP contribution in [-0.4, -0.2) is 87.3 Å². The first kappa shape index (κ1) is 29.9. The van der Waals surface area contributed by atoms with Crippen LogP contribution in [0.25, 0.3) is 0 Å². The van der Waals surface area contributed by atoms with Crippen molar-refractivity contribution in [2.75, 3.05) is 53.6 Å². The summed E-state index contributed by atoms with van der Waals surface area (Å²) in [6.07, 6.45) is 3.34. The van der Waals surface area contributed by atoms with Crippen molar-refractivity contribution >= 4 is 11.8 Å². The molecule has 4 rings (SSSR count). The van der Waals surface area contributed by atoms with E-state index in [1.807, 2.05) is 35.2 Å². The van der Waals surface area contributed by atoms with Crippen LogP contribution in [-0.2, 0) is 16.0 Å². The number of benzene rings is 2. The molecular formula is C32H45N3O5. The molecule has 1 saturated heterocycles. The Bertz CT molecular complexity index is 1100. The van der Waals surface area contributed by atoms with Gasteiger partial charge in [0.2, 0.25) is 5.91 Å². The summed E-state index contributed by atoms with van der Waals surface area (Å²) in [7, 11) is 3.26. The van der Waals surface area contributed by atoms with Gasteiger partial charge in [-0.05, 0) is 62.3 Å². The van der Waals surface area contributed by atoms with Gasteiger partial charge in [0.25, 0.3) is 5.91 Å². The van der Waals surface area contributed by atoms with Crippen LogP contribution in [0.4, 0.5) is 0 Å². The molecule has 1 heterocycles. The fourth-order valence-electron chi connectivity index (χ4n) is 5.43. The molecule has 1 N–H and O–H groups in total. The number of rotatable bonds is 15. The van der Waals surface area contributed by atoms with Gasteiger partial charge in [-0.1, -0.05) is 30.3 Å². The summed E-state index contributed by atoms with van der Waals surface area (Å²) in [5, 5.41) is 3.53. The molecule has 1 saturated carbocycles. The van der Waals surface area contributed by atoms with Gasteiger partial charge in [-0.2, -0.15) is 0 Å². The van der Waals surface area contributed by atoms with E-state index in [2.05, 4.69) is 24.1 Å². The quantitative estimate of drug-likeness (QED) is 0.337. The van der Waals surface area contributed by atoms with Gasteiger partial charge in [0.1, 0.15) is 0 Å². The van der Waals surface area contributed by atoms with E-state index >= 15 is 0 Å². The van der Waals surface area contributed by atoms with E-state index in [9.17, 15) is 9.59 Å². The molecule has 0 bridgehead atoms. The van der Waals surface area contributed by atoms with Crippen molar-refractivity contribution in [3.63, 3.8) is 0 Å². The topological polar surface area (TPSA) is 80.3 Å². The van der Waals surface area contributed by atoms with Gasteiger partial charge >= 0.3 is 0 Å². The monoisotopic (exact) mass is 551 g/mol. The smallest absolute Gasteiger partial charge is 0.254 e. The minimum Gasteiger partial charge on any atom is -0.493 e. The highest BCUT2D eigenvalue weighted by atomic mass is 16.5. The number of hydrogen-bond acceptors (Lipinski definition) is 6. The zero-order chi connectivity index (χ0) is 28.5. The number of nitrogens with one attached hydrogen (secondary N) is 1. The highest BCUT2D eigenvalue weighted by molar-refractivity contribution is 5.95. The number of ether oxygens (including phenoxy) is 3. The molecule has 0 aromatic heterocycles. The number of carbonyl (C=O) groups is 2. The molecule has 2 aromatic carbocycles. The summed E-state index contributed by atoms with van der Waals surface area (Å²) in [4.78, 5) is 31.2. The van der Waals surface area contributed by atoms with E-state index < -0.39 is 0 Å². The third kappa shape index (κ3) is 7.98. The Morgan fingerprint density at radius 2 is 1.68 bits per heavy atom. The van der Waals surface area contributed by atoms with Crippen molar-refractivity contribution in [1.82, 2.24) is 15.1 Å². The molecule has 2 atom stereocenters. The molecule has 1 aliphatic heterocycles. The van der Waals surface area contributed by atoms with Gasteiger partial charge in [-0.3, -0.25) is 9.59 Å². The fraction of sp³-hybridized carbons (Fsp3) is 0.562. The van der Waals surface area contributed by atoms with Crippen molar-refractivity contribution in [2.24, 2.45) is 11.8 Å². The number of carbonyl (C=O) groups excluding carboxylic acids is 2. The van der Waals surface area contributed by atoms with Gasteiger partial charge in [0.05, 0.1) is 20.1 Å². The predicted molar refractivity (Wildman–Crippen MR) is 156 cm³/mol. The second-order valence-corrected chi connectivity index (χ2v) is 11.2. The third-order valence-corrected chi connectivity index (χ3v) is 7.89. The lowest BCUT2D eigenvalue weighted by atomic mass is 9.93. The molecular weight excluding hydrogens is 506 g/mol. The molecule has 0 radical (unpaired) electrons. The van der Waals surface area contributed by atoms with Crippen molar-refractivity contribution in [3.8, 4) is 11.5 Å². The second kappa shape index (κ2) is 14.5. The van der Waals surface area contributed by atoms with Gasteiger partial charge in [-0.15, -0.1) is 0 Å². The summed E-state index contributed by atoms with van der Waals surface area (Å²) in [6, 6.07) is 15.7. The highest BCUT2D eigenvalue weighted by Gasteiger charge is 2.38. The second-order valence-electron chi connectivity index (χ2n) is 11.2. The Morgan fingerprint density at radius 1 is 0.950 bits per heavy atom. The van der Waals surface area contributed by atoms with Crippen LogP contribution in [0.1, 0.15) is 49.0 Å². The lowest BCUT2D eigenvalue weighted by Gasteiger charge is -2.34. The van der Waals surface area contributed by atoms with Crippen molar-refractivity contribution < 1.29 is 23.8 Å². The average Bonchev–Trinajstić information content (AvgIpc) is 3.71. The summed E-state index contributed by atoms with van der Waals surface area (Å²) in [6.45, 7) is 8.26. The molecule has 1 aliphatic carbocycles. The van der Waals surface area contributed by atoms with Crippen LogP contribution in [0.5, 0.6) is 11.5 Å². The highest BCUT2D eigenvalue weighted by Crippen LogP contribution is 2.32. The van der Waals surface area contributed by atoms with Crippen LogP contribution in [0, 0.1) is 11.8 Å². The zero-order valence-electron chi connectivity index (χ0n) is 24.4. The van der Waals surface area contributed by atoms with Crippen LogP contribution in [0.2, 0.25) is 0 Å². The molecule has 1 unspecified atom stereocenters. The molecule has 2 aliphatic rings. The summed E-state index contributed by atoms with van der Waals surface area (Å²) in [5.41, 5.74) is 1.63. The summed E-state index contributed by atoms with van der Waals surface area (Å²) in [5.74, 6) is 1.90. The van der Waals surface area contributed by atoms with E-state index in [0.717, 1.165) is 44.5 Å². The SMILES string of the molecule is COCCCOc1cc(C(=O)N(C[C@@H]2CNCC2CN(C(=O)Cc2ccccc2)C2CC2)C(C)C)ccc1OC. The first-order chi connectivity index (χ1) is 19.4. The maximum Gasteiger partial charge on any atom is 0.254 e. The van der Waals surface area contributed by atoms with Gasteiger partial charge < -0.3 is 29.3 Å². The van der Waals surface area contributed by atoms with E-state index in [-0.39, 0.29) is 23.8 Å². The number of amides is 2. The van der Waals surface area contributed by atoms with E-state index in [4.69, 9.17) is 14.2 Å². The van der Waals surface area contributed by atoms with Crippen LogP contribution >= 0.6 is 0 Å².